The highest BCUT2D eigenvalue weighted by Gasteiger charge is 2.21. The molecule has 3 aromatic rings. The minimum absolute atomic E-state index is 0.0829. The normalized spacial score (nSPS) is 14.5. The van der Waals surface area contributed by atoms with E-state index in [-0.39, 0.29) is 5.91 Å². The monoisotopic (exact) mass is 485 g/mol. The Balaban J connectivity index is 1.49. The maximum atomic E-state index is 13.4. The fourth-order valence-electron chi connectivity index (χ4n) is 3.76. The SMILES string of the molecule is CCOc1cccc2sc(N(CCCN3CCOCC3)C(=O)CSc3ccc(C)cc3)nc12. The van der Waals surface area contributed by atoms with Crippen LogP contribution in [0.2, 0.25) is 0 Å². The lowest BCUT2D eigenvalue weighted by molar-refractivity contribution is -0.116. The highest BCUT2D eigenvalue weighted by Crippen LogP contribution is 2.35. The lowest BCUT2D eigenvalue weighted by atomic mass is 10.2. The van der Waals surface area contributed by atoms with Crippen LogP contribution in [0.15, 0.2) is 47.4 Å². The Kier molecular flexibility index (Phi) is 8.61. The third-order valence-corrected chi connectivity index (χ3v) is 7.59. The van der Waals surface area contributed by atoms with Crippen LogP contribution in [0.1, 0.15) is 18.9 Å². The number of amides is 1. The number of fused-ring (bicyclic) bond motifs is 1. The van der Waals surface area contributed by atoms with Crippen molar-refractivity contribution < 1.29 is 14.3 Å². The molecule has 0 spiro atoms. The van der Waals surface area contributed by atoms with Gasteiger partial charge in [0, 0.05) is 31.1 Å². The quantitative estimate of drug-likeness (QED) is 0.383. The van der Waals surface area contributed by atoms with E-state index in [1.54, 1.807) is 23.1 Å². The molecule has 1 saturated heterocycles. The van der Waals surface area contributed by atoms with E-state index in [0.29, 0.717) is 18.9 Å². The van der Waals surface area contributed by atoms with Gasteiger partial charge < -0.3 is 9.47 Å². The van der Waals surface area contributed by atoms with Gasteiger partial charge in [-0.25, -0.2) is 4.98 Å². The molecule has 1 aromatic heterocycles. The smallest absolute Gasteiger partial charge is 0.239 e. The number of carbonyl (C=O) groups excluding carboxylic acids is 1. The number of ether oxygens (including phenoxy) is 2. The zero-order chi connectivity index (χ0) is 23.0. The van der Waals surface area contributed by atoms with Gasteiger partial charge in [0.05, 0.1) is 30.3 Å². The van der Waals surface area contributed by atoms with Crippen LogP contribution in [0, 0.1) is 6.92 Å². The second-order valence-corrected chi connectivity index (χ2v) is 10.0. The molecule has 4 rings (SSSR count). The minimum atomic E-state index is 0.0829. The summed E-state index contributed by atoms with van der Waals surface area (Å²) in [5.74, 6) is 1.24. The molecule has 1 amide bonds. The first kappa shape index (κ1) is 24.0. The summed E-state index contributed by atoms with van der Waals surface area (Å²) in [6.07, 6.45) is 0.898. The Bertz CT molecular complexity index is 1050. The van der Waals surface area contributed by atoms with Crippen LogP contribution in [0.4, 0.5) is 5.13 Å². The van der Waals surface area contributed by atoms with Crippen LogP contribution in [-0.2, 0) is 9.53 Å². The lowest BCUT2D eigenvalue weighted by Crippen LogP contribution is -2.39. The minimum Gasteiger partial charge on any atom is -0.492 e. The molecule has 0 aliphatic carbocycles. The Morgan fingerprint density at radius 1 is 1.21 bits per heavy atom. The number of carbonyl (C=O) groups is 1. The van der Waals surface area contributed by atoms with E-state index in [0.717, 1.165) is 65.3 Å². The van der Waals surface area contributed by atoms with Gasteiger partial charge >= 0.3 is 0 Å². The second kappa shape index (κ2) is 11.8. The van der Waals surface area contributed by atoms with Crippen molar-refractivity contribution in [2.45, 2.75) is 25.2 Å². The Hall–Kier alpha value is -2.13. The number of rotatable bonds is 10. The molecule has 6 nitrogen and oxygen atoms in total. The van der Waals surface area contributed by atoms with Gasteiger partial charge in [-0.1, -0.05) is 35.1 Å². The molecule has 33 heavy (non-hydrogen) atoms. The van der Waals surface area contributed by atoms with Crippen molar-refractivity contribution in [3.05, 3.63) is 48.0 Å². The fourth-order valence-corrected chi connectivity index (χ4v) is 5.56. The molecule has 0 unspecified atom stereocenters. The maximum absolute atomic E-state index is 13.4. The molecule has 8 heteroatoms. The largest absolute Gasteiger partial charge is 0.492 e. The molecule has 1 aliphatic rings. The van der Waals surface area contributed by atoms with Gasteiger partial charge in [0.1, 0.15) is 11.3 Å². The number of aromatic nitrogens is 1. The molecule has 2 heterocycles. The van der Waals surface area contributed by atoms with Crippen LogP contribution in [0.5, 0.6) is 5.75 Å². The molecule has 1 aliphatic heterocycles. The average Bonchev–Trinajstić information content (AvgIpc) is 3.27. The molecule has 0 atom stereocenters. The van der Waals surface area contributed by atoms with Crippen LogP contribution in [0.3, 0.4) is 0 Å². The summed E-state index contributed by atoms with van der Waals surface area (Å²) in [4.78, 5) is 23.6. The van der Waals surface area contributed by atoms with Crippen LogP contribution >= 0.6 is 23.1 Å². The summed E-state index contributed by atoms with van der Waals surface area (Å²) >= 11 is 3.13. The number of morpholine rings is 1. The van der Waals surface area contributed by atoms with E-state index >= 15 is 0 Å². The van der Waals surface area contributed by atoms with Crippen molar-refractivity contribution >= 4 is 44.4 Å². The standard InChI is InChI=1S/C25H31N3O3S2/c1-3-31-21-6-4-7-22-24(21)26-25(33-22)28(13-5-12-27-14-16-30-17-15-27)23(29)18-32-20-10-8-19(2)9-11-20/h4,6-11H,3,5,12-18H2,1-2H3. The molecular formula is C25H31N3O3S2. The predicted octanol–water partition coefficient (Wildman–Crippen LogP) is 4.85. The summed E-state index contributed by atoms with van der Waals surface area (Å²) in [6, 6.07) is 14.3. The number of para-hydroxylation sites is 1. The first-order valence-electron chi connectivity index (χ1n) is 11.5. The van der Waals surface area contributed by atoms with Crippen molar-refractivity contribution in [1.82, 2.24) is 9.88 Å². The van der Waals surface area contributed by atoms with Crippen molar-refractivity contribution in [2.75, 3.05) is 56.7 Å². The first-order valence-corrected chi connectivity index (χ1v) is 13.3. The zero-order valence-corrected chi connectivity index (χ0v) is 20.9. The number of anilines is 1. The van der Waals surface area contributed by atoms with Crippen LogP contribution in [-0.4, -0.2) is 67.5 Å². The second-order valence-electron chi connectivity index (χ2n) is 7.99. The molecule has 0 N–H and O–H groups in total. The molecule has 0 bridgehead atoms. The van der Waals surface area contributed by atoms with Gasteiger partial charge in [-0.3, -0.25) is 14.6 Å². The van der Waals surface area contributed by atoms with Crippen molar-refractivity contribution in [3.8, 4) is 5.75 Å². The fraction of sp³-hybridized carbons (Fsp3) is 0.440. The predicted molar refractivity (Wildman–Crippen MR) is 137 cm³/mol. The number of hydrogen-bond acceptors (Lipinski definition) is 7. The third kappa shape index (κ3) is 6.47. The first-order chi connectivity index (χ1) is 16.1. The Morgan fingerprint density at radius 2 is 2.00 bits per heavy atom. The number of thioether (sulfide) groups is 1. The lowest BCUT2D eigenvalue weighted by Gasteiger charge is -2.27. The van der Waals surface area contributed by atoms with Gasteiger partial charge in [0.15, 0.2) is 5.13 Å². The molecule has 2 aromatic carbocycles. The summed E-state index contributed by atoms with van der Waals surface area (Å²) in [6.45, 7) is 9.70. The van der Waals surface area contributed by atoms with E-state index in [4.69, 9.17) is 14.5 Å². The number of nitrogens with zero attached hydrogens (tertiary/aromatic N) is 3. The number of hydrogen-bond donors (Lipinski definition) is 0. The van der Waals surface area contributed by atoms with Gasteiger partial charge in [0.2, 0.25) is 5.91 Å². The van der Waals surface area contributed by atoms with Crippen LogP contribution in [0.25, 0.3) is 10.2 Å². The average molecular weight is 486 g/mol. The number of thiazole rings is 1. The summed E-state index contributed by atoms with van der Waals surface area (Å²) < 4.78 is 12.3. The van der Waals surface area contributed by atoms with Gasteiger partial charge in [-0.05, 0) is 44.5 Å². The van der Waals surface area contributed by atoms with E-state index in [1.807, 2.05) is 30.0 Å². The zero-order valence-electron chi connectivity index (χ0n) is 19.3. The number of benzene rings is 2. The Morgan fingerprint density at radius 3 is 2.76 bits per heavy atom. The molecule has 0 radical (unpaired) electrons. The van der Waals surface area contributed by atoms with E-state index in [2.05, 4.69) is 36.1 Å². The molecule has 1 fully saturated rings. The van der Waals surface area contributed by atoms with E-state index < -0.39 is 0 Å². The van der Waals surface area contributed by atoms with Crippen molar-refractivity contribution in [3.63, 3.8) is 0 Å². The summed E-state index contributed by atoms with van der Waals surface area (Å²) in [5, 5.41) is 0.744. The van der Waals surface area contributed by atoms with Gasteiger partial charge in [0.25, 0.3) is 0 Å². The molecule has 176 valence electrons. The Labute approximate surface area is 203 Å². The highest BCUT2D eigenvalue weighted by atomic mass is 32.2. The van der Waals surface area contributed by atoms with Crippen LogP contribution < -0.4 is 9.64 Å². The topological polar surface area (TPSA) is 54.9 Å². The van der Waals surface area contributed by atoms with Gasteiger partial charge in [-0.2, -0.15) is 0 Å². The van der Waals surface area contributed by atoms with Crippen molar-refractivity contribution in [2.24, 2.45) is 0 Å². The summed E-state index contributed by atoms with van der Waals surface area (Å²) in [5.41, 5.74) is 2.05. The van der Waals surface area contributed by atoms with Gasteiger partial charge in [-0.15, -0.1) is 11.8 Å². The van der Waals surface area contributed by atoms with E-state index in [9.17, 15) is 4.79 Å². The van der Waals surface area contributed by atoms with Crippen molar-refractivity contribution in [1.29, 1.82) is 0 Å². The summed E-state index contributed by atoms with van der Waals surface area (Å²) in [7, 11) is 0. The number of aryl methyl sites for hydroxylation is 1. The van der Waals surface area contributed by atoms with E-state index in [1.165, 1.54) is 5.56 Å². The molecule has 0 saturated carbocycles. The highest BCUT2D eigenvalue weighted by molar-refractivity contribution is 8.00. The molecular weight excluding hydrogens is 454 g/mol. The maximum Gasteiger partial charge on any atom is 0.239 e. The third-order valence-electron chi connectivity index (χ3n) is 5.55.